The van der Waals surface area contributed by atoms with E-state index in [9.17, 15) is 4.79 Å². The molecule has 2 aromatic heterocycles. The molecule has 7 heteroatoms. The second-order valence-corrected chi connectivity index (χ2v) is 7.94. The fourth-order valence-corrected chi connectivity index (χ4v) is 3.78. The first-order chi connectivity index (χ1) is 16.0. The summed E-state index contributed by atoms with van der Waals surface area (Å²) < 4.78 is 1.47. The molecule has 33 heavy (non-hydrogen) atoms. The molecule has 0 unspecified atom stereocenters. The minimum Gasteiger partial charge on any atom is -0.383 e. The molecule has 3 aromatic carbocycles. The van der Waals surface area contributed by atoms with Crippen LogP contribution >= 0.6 is 0 Å². The van der Waals surface area contributed by atoms with Gasteiger partial charge in [-0.25, -0.2) is 9.97 Å². The van der Waals surface area contributed by atoms with Crippen molar-refractivity contribution in [1.82, 2.24) is 14.6 Å². The summed E-state index contributed by atoms with van der Waals surface area (Å²) in [5.41, 5.74) is 12.6. The van der Waals surface area contributed by atoms with Crippen molar-refractivity contribution < 1.29 is 4.79 Å². The number of para-hydroxylation sites is 2. The average molecular weight is 435 g/mol. The van der Waals surface area contributed by atoms with E-state index in [4.69, 9.17) is 15.7 Å². The molecule has 5 aromatic rings. The number of fused-ring (bicyclic) bond motifs is 2. The Kier molecular flexibility index (Phi) is 5.06. The molecule has 0 saturated carbocycles. The molecule has 0 aliphatic rings. The molecule has 1 amide bonds. The molecule has 3 N–H and O–H groups in total. The maximum atomic E-state index is 13.3. The lowest BCUT2D eigenvalue weighted by Crippen LogP contribution is -2.14. The normalized spacial score (nSPS) is 11.5. The minimum atomic E-state index is -0.364. The summed E-state index contributed by atoms with van der Waals surface area (Å²) in [7, 11) is 0. The van der Waals surface area contributed by atoms with Gasteiger partial charge in [0.05, 0.1) is 17.2 Å². The van der Waals surface area contributed by atoms with Crippen LogP contribution in [0.1, 0.15) is 27.0 Å². The Morgan fingerprint density at radius 3 is 2.36 bits per heavy atom. The van der Waals surface area contributed by atoms with E-state index in [1.807, 2.05) is 86.6 Å². The van der Waals surface area contributed by atoms with E-state index in [1.54, 1.807) is 6.21 Å². The van der Waals surface area contributed by atoms with E-state index < -0.39 is 0 Å². The molecule has 0 aliphatic heterocycles. The summed E-state index contributed by atoms with van der Waals surface area (Å²) in [6.07, 6.45) is 1.70. The highest BCUT2D eigenvalue weighted by Gasteiger charge is 2.24. The van der Waals surface area contributed by atoms with Crippen LogP contribution in [-0.4, -0.2) is 26.8 Å². The number of benzene rings is 3. The molecule has 5 rings (SSSR count). The molecule has 0 atom stereocenters. The largest absolute Gasteiger partial charge is 0.383 e. The summed E-state index contributed by atoms with van der Waals surface area (Å²) >= 11 is 0. The molecule has 162 valence electrons. The SMILES string of the molecule is Cc1cccc(/C=N/n2c(N)c(C(=O)Nc3cccc(C)c3)c3nc4ccccc4nc32)c1. The zero-order chi connectivity index (χ0) is 22.9. The van der Waals surface area contributed by atoms with Gasteiger partial charge in [-0.1, -0.05) is 54.1 Å². The quantitative estimate of drug-likeness (QED) is 0.392. The van der Waals surface area contributed by atoms with Crippen LogP contribution in [0.4, 0.5) is 11.5 Å². The van der Waals surface area contributed by atoms with Gasteiger partial charge >= 0.3 is 0 Å². The van der Waals surface area contributed by atoms with Gasteiger partial charge in [0.1, 0.15) is 16.9 Å². The fourth-order valence-electron chi connectivity index (χ4n) is 3.78. The maximum absolute atomic E-state index is 13.3. The summed E-state index contributed by atoms with van der Waals surface area (Å²) in [5, 5.41) is 7.48. The van der Waals surface area contributed by atoms with Gasteiger partial charge in [0, 0.05) is 5.69 Å². The van der Waals surface area contributed by atoms with Crippen LogP contribution in [0, 0.1) is 13.8 Å². The third kappa shape index (κ3) is 3.92. The van der Waals surface area contributed by atoms with Crippen molar-refractivity contribution in [3.05, 3.63) is 95.1 Å². The second-order valence-electron chi connectivity index (χ2n) is 7.94. The van der Waals surface area contributed by atoms with Gasteiger partial charge in [0.15, 0.2) is 5.65 Å². The number of anilines is 2. The number of hydrogen-bond donors (Lipinski definition) is 2. The first-order valence-electron chi connectivity index (χ1n) is 10.6. The van der Waals surface area contributed by atoms with Gasteiger partial charge in [0.25, 0.3) is 5.91 Å². The average Bonchev–Trinajstić information content (AvgIpc) is 3.06. The number of carbonyl (C=O) groups excluding carboxylic acids is 1. The van der Waals surface area contributed by atoms with Crippen LogP contribution in [-0.2, 0) is 0 Å². The molecular formula is C26H22N6O. The van der Waals surface area contributed by atoms with E-state index in [-0.39, 0.29) is 17.3 Å². The third-order valence-corrected chi connectivity index (χ3v) is 5.34. The molecule has 2 heterocycles. The highest BCUT2D eigenvalue weighted by molar-refractivity contribution is 6.16. The highest BCUT2D eigenvalue weighted by Crippen LogP contribution is 2.28. The number of amides is 1. The number of nitrogen functional groups attached to an aromatic ring is 1. The van der Waals surface area contributed by atoms with E-state index in [0.717, 1.165) is 16.7 Å². The Labute approximate surface area is 190 Å². The lowest BCUT2D eigenvalue weighted by Gasteiger charge is -2.06. The van der Waals surface area contributed by atoms with Crippen LogP contribution in [0.15, 0.2) is 77.9 Å². The zero-order valence-electron chi connectivity index (χ0n) is 18.3. The highest BCUT2D eigenvalue weighted by atomic mass is 16.1. The monoisotopic (exact) mass is 434 g/mol. The zero-order valence-corrected chi connectivity index (χ0v) is 18.3. The maximum Gasteiger partial charge on any atom is 0.261 e. The van der Waals surface area contributed by atoms with Crippen molar-refractivity contribution >= 4 is 45.8 Å². The summed E-state index contributed by atoms with van der Waals surface area (Å²) in [6.45, 7) is 3.98. The number of nitrogens with zero attached hydrogens (tertiary/aromatic N) is 4. The third-order valence-electron chi connectivity index (χ3n) is 5.34. The number of nitrogens with one attached hydrogen (secondary N) is 1. The fraction of sp³-hybridized carbons (Fsp3) is 0.0769. The number of hydrogen-bond acceptors (Lipinski definition) is 5. The Hall–Kier alpha value is -4.52. The van der Waals surface area contributed by atoms with Crippen LogP contribution in [0.5, 0.6) is 0 Å². The smallest absolute Gasteiger partial charge is 0.261 e. The van der Waals surface area contributed by atoms with Crippen molar-refractivity contribution in [1.29, 1.82) is 0 Å². The van der Waals surface area contributed by atoms with E-state index >= 15 is 0 Å². The number of aromatic nitrogens is 3. The van der Waals surface area contributed by atoms with Crippen LogP contribution in [0.2, 0.25) is 0 Å². The minimum absolute atomic E-state index is 0.175. The number of aryl methyl sites for hydroxylation is 2. The first kappa shape index (κ1) is 20.4. The van der Waals surface area contributed by atoms with Gasteiger partial charge in [-0.05, 0) is 49.2 Å². The lowest BCUT2D eigenvalue weighted by molar-refractivity contribution is 0.102. The van der Waals surface area contributed by atoms with Gasteiger partial charge in [0.2, 0.25) is 0 Å². The molecule has 0 bridgehead atoms. The first-order valence-corrected chi connectivity index (χ1v) is 10.6. The molecule has 0 radical (unpaired) electrons. The van der Waals surface area contributed by atoms with Crippen molar-refractivity contribution in [3.8, 4) is 0 Å². The van der Waals surface area contributed by atoms with E-state index in [1.165, 1.54) is 4.68 Å². The van der Waals surface area contributed by atoms with Crippen molar-refractivity contribution in [2.75, 3.05) is 11.1 Å². The molecule has 0 saturated heterocycles. The standard InChI is InChI=1S/C26H22N6O/c1-16-7-5-9-18(13-16)15-28-32-24(27)22(26(33)29-19-10-6-8-17(2)14-19)23-25(32)31-21-12-4-3-11-20(21)30-23/h3-15H,27H2,1-2H3,(H,29,33)/b28-15+. The van der Waals surface area contributed by atoms with Gasteiger partial charge in [-0.2, -0.15) is 9.78 Å². The van der Waals surface area contributed by atoms with Crippen molar-refractivity contribution in [3.63, 3.8) is 0 Å². The van der Waals surface area contributed by atoms with Crippen LogP contribution in [0.3, 0.4) is 0 Å². The Morgan fingerprint density at radius 2 is 1.64 bits per heavy atom. The van der Waals surface area contributed by atoms with Gasteiger partial charge in [-0.3, -0.25) is 4.79 Å². The van der Waals surface area contributed by atoms with E-state index in [0.29, 0.717) is 27.9 Å². The summed E-state index contributed by atoms with van der Waals surface area (Å²) in [6, 6.07) is 23.0. The Morgan fingerprint density at radius 1 is 0.939 bits per heavy atom. The topological polar surface area (TPSA) is 98.2 Å². The molecule has 0 aliphatic carbocycles. The second kappa shape index (κ2) is 8.20. The Bertz CT molecular complexity index is 1550. The molecule has 0 fully saturated rings. The van der Waals surface area contributed by atoms with Gasteiger partial charge in [-0.15, -0.1) is 0 Å². The predicted octanol–water partition coefficient (Wildman–Crippen LogP) is 4.92. The lowest BCUT2D eigenvalue weighted by atomic mass is 10.2. The number of nitrogens with two attached hydrogens (primary N) is 1. The van der Waals surface area contributed by atoms with Crippen molar-refractivity contribution in [2.45, 2.75) is 13.8 Å². The van der Waals surface area contributed by atoms with Crippen LogP contribution in [0.25, 0.3) is 22.2 Å². The van der Waals surface area contributed by atoms with Crippen molar-refractivity contribution in [2.24, 2.45) is 5.10 Å². The number of rotatable bonds is 4. The molecule has 0 spiro atoms. The Balaban J connectivity index is 1.67. The molecular weight excluding hydrogens is 412 g/mol. The van der Waals surface area contributed by atoms with Gasteiger partial charge < -0.3 is 11.1 Å². The predicted molar refractivity (Wildman–Crippen MR) is 133 cm³/mol. The van der Waals surface area contributed by atoms with Crippen LogP contribution < -0.4 is 11.1 Å². The number of carbonyl (C=O) groups is 1. The molecule has 7 nitrogen and oxygen atoms in total. The summed E-state index contributed by atoms with van der Waals surface area (Å²) in [4.78, 5) is 22.7. The summed E-state index contributed by atoms with van der Waals surface area (Å²) in [5.74, 6) is -0.188. The van der Waals surface area contributed by atoms with E-state index in [2.05, 4.69) is 10.4 Å².